The number of phenols is 2. The summed E-state index contributed by atoms with van der Waals surface area (Å²) in [5.41, 5.74) is 8.23. The average Bonchev–Trinajstić information content (AvgIpc) is 3.44. The van der Waals surface area contributed by atoms with E-state index in [9.17, 15) is 39.3 Å². The minimum absolute atomic E-state index is 0.0143. The van der Waals surface area contributed by atoms with E-state index in [0.717, 1.165) is 10.9 Å². The molecular weight excluding hydrogens is 610 g/mol. The largest absolute Gasteiger partial charge is 0.508 e. The number of aromatic hydroxyl groups is 2. The van der Waals surface area contributed by atoms with E-state index in [1.807, 2.05) is 18.2 Å². The Morgan fingerprint density at radius 1 is 0.660 bits per heavy atom. The van der Waals surface area contributed by atoms with Gasteiger partial charge in [-0.05, 0) is 47.0 Å². The molecule has 0 saturated heterocycles. The molecule has 3 amide bonds. The number of rotatable bonds is 15. The van der Waals surface area contributed by atoms with E-state index in [1.165, 1.54) is 48.5 Å². The van der Waals surface area contributed by atoms with E-state index in [4.69, 9.17) is 10.8 Å². The second-order valence-electron chi connectivity index (χ2n) is 11.0. The number of hydrogen-bond acceptors (Lipinski definition) is 8. The summed E-state index contributed by atoms with van der Waals surface area (Å²) in [6.07, 6.45) is 0.678. The number of para-hydroxylation sites is 1. The lowest BCUT2D eigenvalue weighted by Gasteiger charge is -2.25. The van der Waals surface area contributed by atoms with E-state index < -0.39 is 60.2 Å². The van der Waals surface area contributed by atoms with Crippen molar-refractivity contribution >= 4 is 40.6 Å². The van der Waals surface area contributed by atoms with Gasteiger partial charge in [-0.3, -0.25) is 19.2 Å². The first-order valence-electron chi connectivity index (χ1n) is 14.6. The number of benzene rings is 3. The molecule has 4 rings (SSSR count). The maximum Gasteiger partial charge on any atom is 0.326 e. The lowest BCUT2D eigenvalue weighted by atomic mass is 10.0. The third-order valence-corrected chi connectivity index (χ3v) is 7.46. The number of nitrogens with two attached hydrogens (primary N) is 1. The molecular formula is C33H35N5O9. The maximum absolute atomic E-state index is 13.8. The van der Waals surface area contributed by atoms with Crippen LogP contribution in [0.5, 0.6) is 11.5 Å². The first-order valence-corrected chi connectivity index (χ1v) is 14.6. The smallest absolute Gasteiger partial charge is 0.326 e. The molecule has 0 aliphatic rings. The lowest BCUT2D eigenvalue weighted by molar-refractivity contribution is -0.142. The van der Waals surface area contributed by atoms with E-state index in [1.54, 1.807) is 12.3 Å². The monoisotopic (exact) mass is 645 g/mol. The van der Waals surface area contributed by atoms with Crippen molar-refractivity contribution in [2.24, 2.45) is 5.73 Å². The second kappa shape index (κ2) is 15.4. The van der Waals surface area contributed by atoms with Crippen molar-refractivity contribution in [3.8, 4) is 11.5 Å². The third-order valence-electron chi connectivity index (χ3n) is 7.46. The number of amides is 3. The van der Waals surface area contributed by atoms with Gasteiger partial charge >= 0.3 is 11.9 Å². The molecule has 1 aromatic heterocycles. The van der Waals surface area contributed by atoms with Crippen molar-refractivity contribution < 1.29 is 44.4 Å². The number of aromatic amines is 1. The SMILES string of the molecule is NC(CC(=O)O)C(=O)NC(Cc1c[nH]c2ccccc12)C(=O)NC(Cc1ccc(O)cc1)C(=O)NC(Cc1ccc(O)cc1)C(=O)O. The first-order chi connectivity index (χ1) is 22.4. The normalized spacial score (nSPS) is 13.6. The fraction of sp³-hybridized carbons (Fsp3) is 0.242. The summed E-state index contributed by atoms with van der Waals surface area (Å²) in [5, 5.41) is 46.6. The summed E-state index contributed by atoms with van der Waals surface area (Å²) >= 11 is 0. The summed E-state index contributed by atoms with van der Waals surface area (Å²) in [6.45, 7) is 0. The number of hydrogen-bond donors (Lipinski definition) is 9. The summed E-state index contributed by atoms with van der Waals surface area (Å²) in [6, 6.07) is 13.4. The number of carboxylic acids is 2. The average molecular weight is 646 g/mol. The highest BCUT2D eigenvalue weighted by atomic mass is 16.4. The Morgan fingerprint density at radius 2 is 1.15 bits per heavy atom. The van der Waals surface area contributed by atoms with E-state index in [2.05, 4.69) is 20.9 Å². The molecule has 14 heteroatoms. The van der Waals surface area contributed by atoms with Crippen LogP contribution in [0.2, 0.25) is 0 Å². The predicted octanol–water partition coefficient (Wildman–Crippen LogP) is 0.948. The number of carbonyl (C=O) groups excluding carboxylic acids is 3. The number of fused-ring (bicyclic) bond motifs is 1. The minimum Gasteiger partial charge on any atom is -0.508 e. The van der Waals surface area contributed by atoms with Crippen LogP contribution in [0.15, 0.2) is 79.0 Å². The van der Waals surface area contributed by atoms with Crippen LogP contribution in [0.4, 0.5) is 0 Å². The minimum atomic E-state index is -1.46. The van der Waals surface area contributed by atoms with Crippen LogP contribution in [0, 0.1) is 0 Å². The number of H-pyrrole nitrogens is 1. The van der Waals surface area contributed by atoms with Crippen LogP contribution >= 0.6 is 0 Å². The molecule has 47 heavy (non-hydrogen) atoms. The van der Waals surface area contributed by atoms with Crippen molar-refractivity contribution in [1.82, 2.24) is 20.9 Å². The Bertz CT molecular complexity index is 1740. The quantitative estimate of drug-likeness (QED) is 0.0886. The van der Waals surface area contributed by atoms with Crippen molar-refractivity contribution in [3.63, 3.8) is 0 Å². The number of nitrogens with one attached hydrogen (secondary N) is 4. The molecule has 4 atom stereocenters. The topological polar surface area (TPSA) is 244 Å². The molecule has 3 aromatic carbocycles. The van der Waals surface area contributed by atoms with Gasteiger partial charge in [-0.25, -0.2) is 4.79 Å². The highest BCUT2D eigenvalue weighted by Gasteiger charge is 2.31. The van der Waals surface area contributed by atoms with Gasteiger partial charge in [-0.15, -0.1) is 0 Å². The molecule has 0 aliphatic heterocycles. The summed E-state index contributed by atoms with van der Waals surface area (Å²) in [7, 11) is 0. The van der Waals surface area contributed by atoms with Gasteiger partial charge in [-0.2, -0.15) is 0 Å². The molecule has 246 valence electrons. The molecule has 0 bridgehead atoms. The van der Waals surface area contributed by atoms with Crippen LogP contribution < -0.4 is 21.7 Å². The molecule has 4 unspecified atom stereocenters. The predicted molar refractivity (Wildman–Crippen MR) is 169 cm³/mol. The maximum atomic E-state index is 13.8. The van der Waals surface area contributed by atoms with Gasteiger partial charge in [-0.1, -0.05) is 42.5 Å². The van der Waals surface area contributed by atoms with Crippen LogP contribution in [0.25, 0.3) is 10.9 Å². The molecule has 14 nitrogen and oxygen atoms in total. The summed E-state index contributed by atoms with van der Waals surface area (Å²) in [4.78, 5) is 66.7. The summed E-state index contributed by atoms with van der Waals surface area (Å²) in [5.74, 6) is -5.23. The van der Waals surface area contributed by atoms with Crippen LogP contribution in [-0.2, 0) is 43.2 Å². The van der Waals surface area contributed by atoms with Crippen molar-refractivity contribution in [2.45, 2.75) is 49.9 Å². The fourth-order valence-corrected chi connectivity index (χ4v) is 4.98. The van der Waals surface area contributed by atoms with Gasteiger partial charge in [0.1, 0.15) is 29.6 Å². The van der Waals surface area contributed by atoms with Crippen molar-refractivity contribution in [2.75, 3.05) is 0 Å². The van der Waals surface area contributed by atoms with Gasteiger partial charge in [0, 0.05) is 36.4 Å². The van der Waals surface area contributed by atoms with Crippen LogP contribution in [0.1, 0.15) is 23.1 Å². The highest BCUT2D eigenvalue weighted by molar-refractivity contribution is 5.95. The fourth-order valence-electron chi connectivity index (χ4n) is 4.98. The number of aliphatic carboxylic acids is 2. The Morgan fingerprint density at radius 3 is 1.70 bits per heavy atom. The van der Waals surface area contributed by atoms with Gasteiger partial charge in [0.15, 0.2) is 0 Å². The van der Waals surface area contributed by atoms with Crippen LogP contribution in [-0.4, -0.2) is 79.2 Å². The Hall–Kier alpha value is -5.89. The standard InChI is InChI=1S/C33H35N5O9/c34-24(16-29(41)42)30(43)36-27(15-20-17-35-25-4-2-1-3-23(20)25)32(45)37-26(13-18-5-9-21(39)10-6-18)31(44)38-28(33(46)47)14-19-7-11-22(40)12-8-19/h1-12,17,24,26-28,35,39-40H,13-16,34H2,(H,36,43)(H,37,45)(H,38,44)(H,41,42)(H,46,47). The van der Waals surface area contributed by atoms with Gasteiger partial charge in [0.05, 0.1) is 12.5 Å². The zero-order chi connectivity index (χ0) is 34.1. The third kappa shape index (κ3) is 9.55. The van der Waals surface area contributed by atoms with Gasteiger partial charge in [0.25, 0.3) is 0 Å². The van der Waals surface area contributed by atoms with E-state index in [0.29, 0.717) is 16.7 Å². The first kappa shape index (κ1) is 34.0. The molecule has 0 fully saturated rings. The molecule has 0 spiro atoms. The zero-order valence-corrected chi connectivity index (χ0v) is 25.1. The zero-order valence-electron chi connectivity index (χ0n) is 25.1. The van der Waals surface area contributed by atoms with E-state index >= 15 is 0 Å². The number of phenolic OH excluding ortho intramolecular Hbond substituents is 2. The number of aromatic nitrogens is 1. The number of carbonyl (C=O) groups is 5. The Labute approximate surface area is 268 Å². The molecule has 0 radical (unpaired) electrons. The van der Waals surface area contributed by atoms with Crippen molar-refractivity contribution in [1.29, 1.82) is 0 Å². The molecule has 0 aliphatic carbocycles. The number of carboxylic acid groups (broad SMARTS) is 2. The van der Waals surface area contributed by atoms with E-state index in [-0.39, 0.29) is 30.8 Å². The summed E-state index contributed by atoms with van der Waals surface area (Å²) < 4.78 is 0. The Balaban J connectivity index is 1.60. The second-order valence-corrected chi connectivity index (χ2v) is 11.0. The molecule has 10 N–H and O–H groups in total. The van der Waals surface area contributed by atoms with Crippen LogP contribution in [0.3, 0.4) is 0 Å². The lowest BCUT2D eigenvalue weighted by Crippen LogP contribution is -2.58. The van der Waals surface area contributed by atoms with Gasteiger partial charge in [0.2, 0.25) is 17.7 Å². The molecule has 4 aromatic rings. The molecule has 1 heterocycles. The highest BCUT2D eigenvalue weighted by Crippen LogP contribution is 2.20. The molecule has 0 saturated carbocycles. The van der Waals surface area contributed by atoms with Gasteiger partial charge < -0.3 is 47.1 Å². The Kier molecular flexibility index (Phi) is 11.1. The van der Waals surface area contributed by atoms with Crippen molar-refractivity contribution in [3.05, 3.63) is 95.7 Å².